The molecule has 0 nitrogen and oxygen atoms in total. The van der Waals surface area contributed by atoms with Gasteiger partial charge in [-0.2, -0.15) is 0 Å². The van der Waals surface area contributed by atoms with Crippen LogP contribution in [0.25, 0.3) is 0 Å². The minimum Gasteiger partial charge on any atom is -0.206 e. The first-order chi connectivity index (χ1) is 20.7. The summed E-state index contributed by atoms with van der Waals surface area (Å²) < 4.78 is 35.0. The van der Waals surface area contributed by atoms with Crippen LogP contribution in [0.4, 0.5) is 8.78 Å². The van der Waals surface area contributed by atoms with E-state index in [1.165, 1.54) is 0 Å². The zero-order valence-corrected chi connectivity index (χ0v) is 40.7. The van der Waals surface area contributed by atoms with Crippen LogP contribution in [0, 0.1) is 25.5 Å². The summed E-state index contributed by atoms with van der Waals surface area (Å²) in [7, 11) is 52.4. The maximum absolute atomic E-state index is 17.5. The number of hydrogen-bond donors (Lipinski definition) is 0. The van der Waals surface area contributed by atoms with Crippen molar-refractivity contribution in [3.05, 3.63) is 45.0 Å². The van der Waals surface area contributed by atoms with Crippen LogP contribution >= 0.6 is 129 Å². The maximum Gasteiger partial charge on any atom is 0.138 e. The van der Waals surface area contributed by atoms with E-state index in [1.807, 2.05) is 6.92 Å². The van der Waals surface area contributed by atoms with Gasteiger partial charge < -0.3 is 0 Å². The lowest BCUT2D eigenvalue weighted by molar-refractivity contribution is 0.537. The van der Waals surface area contributed by atoms with Crippen LogP contribution in [0.5, 0.6) is 0 Å². The summed E-state index contributed by atoms with van der Waals surface area (Å²) in [6.07, 6.45) is 0. The van der Waals surface area contributed by atoms with Crippen molar-refractivity contribution in [2.75, 3.05) is 0 Å². The molecule has 4 aromatic rings. The third-order valence-corrected chi connectivity index (χ3v) is 19.9. The smallest absolute Gasteiger partial charge is 0.138 e. The fourth-order valence-electron chi connectivity index (χ4n) is 5.79. The molecule has 0 aromatic heterocycles. The molecule has 0 spiro atoms. The molecule has 0 bridgehead atoms. The SMILES string of the molecule is [B]c1c(C)c([B])c(P)c(C(c2c(F)c(P)c(C)c(P)c2F)(c2c(P)c(P)c(P)c(P)c2P)c2c(P)c(P)c(P)c(P)c2P)c1P. The monoisotopic (exact) mass is 852 g/mol. The summed E-state index contributed by atoms with van der Waals surface area (Å²) in [5, 5.41) is 10.2. The molecule has 4 radical (unpaired) electrons. The highest BCUT2D eigenvalue weighted by atomic mass is 31.0. The molecule has 14 unspecified atom stereocenters. The average molecular weight is 852 g/mol. The van der Waals surface area contributed by atoms with E-state index in [0.29, 0.717) is 49.4 Å². The second-order valence-corrected chi connectivity index (χ2v) is 18.8. The molecule has 18 heteroatoms. The minimum absolute atomic E-state index is 0.131. The van der Waals surface area contributed by atoms with Crippen molar-refractivity contribution in [1.29, 1.82) is 0 Å². The van der Waals surface area contributed by atoms with Gasteiger partial charge in [-0.25, -0.2) is 8.78 Å². The zero-order chi connectivity index (χ0) is 34.4. The van der Waals surface area contributed by atoms with Gasteiger partial charge in [0, 0.05) is 16.2 Å². The first-order valence-corrected chi connectivity index (χ1v) is 21.1. The summed E-state index contributed by atoms with van der Waals surface area (Å²) >= 11 is 0. The minimum atomic E-state index is -1.64. The molecule has 45 heavy (non-hydrogen) atoms. The largest absolute Gasteiger partial charge is 0.206 e. The molecule has 14 atom stereocenters. The Labute approximate surface area is 301 Å². The third kappa shape index (κ3) is 6.26. The summed E-state index contributed by atoms with van der Waals surface area (Å²) in [5.74, 6) is -1.35. The van der Waals surface area contributed by atoms with E-state index in [2.05, 4.69) is 129 Å². The highest BCUT2D eigenvalue weighted by Crippen LogP contribution is 2.46. The number of halogens is 2. The lowest BCUT2D eigenvalue weighted by atomic mass is 9.62. The zero-order valence-electron chi connectivity index (χ0n) is 24.5. The molecule has 0 heterocycles. The van der Waals surface area contributed by atoms with E-state index >= 15 is 8.78 Å². The molecule has 232 valence electrons. The van der Waals surface area contributed by atoms with E-state index in [-0.39, 0.29) is 16.2 Å². The first kappa shape index (κ1) is 40.7. The van der Waals surface area contributed by atoms with Gasteiger partial charge in [-0.1, -0.05) is 16.5 Å². The van der Waals surface area contributed by atoms with Gasteiger partial charge in [-0.15, -0.1) is 129 Å². The van der Waals surface area contributed by atoms with Gasteiger partial charge in [0.05, 0.1) is 5.41 Å². The van der Waals surface area contributed by atoms with Crippen molar-refractivity contribution in [1.82, 2.24) is 0 Å². The van der Waals surface area contributed by atoms with Crippen LogP contribution in [0.2, 0.25) is 0 Å². The molecule has 0 N–H and O–H groups in total. The lowest BCUT2D eigenvalue weighted by Crippen LogP contribution is -2.59. The topological polar surface area (TPSA) is 0 Å². The summed E-state index contributed by atoms with van der Waals surface area (Å²) in [4.78, 5) is 0. The second-order valence-electron chi connectivity index (χ2n) is 10.7. The molecular formula is C27H34B2F2P14. The third-order valence-electron chi connectivity index (χ3n) is 8.55. The maximum atomic E-state index is 17.5. The highest BCUT2D eigenvalue weighted by molar-refractivity contribution is 7.46. The van der Waals surface area contributed by atoms with Crippen LogP contribution in [-0.2, 0) is 5.41 Å². The predicted molar refractivity (Wildman–Crippen MR) is 256 cm³/mol. The van der Waals surface area contributed by atoms with Crippen LogP contribution in [0.3, 0.4) is 0 Å². The molecule has 0 aliphatic rings. The summed E-state index contributed by atoms with van der Waals surface area (Å²) in [6.45, 7) is 3.57. The fraction of sp³-hybridized carbons (Fsp3) is 0.111. The van der Waals surface area contributed by atoms with E-state index in [4.69, 9.17) is 15.7 Å². The molecule has 4 rings (SSSR count). The molecule has 0 aliphatic heterocycles. The van der Waals surface area contributed by atoms with Crippen LogP contribution in [0.1, 0.15) is 33.4 Å². The Morgan fingerprint density at radius 2 is 0.600 bits per heavy atom. The first-order valence-electron chi connectivity index (χ1n) is 13.0. The Hall–Kier alpha value is 2.89. The van der Waals surface area contributed by atoms with Gasteiger partial charge in [0.2, 0.25) is 0 Å². The van der Waals surface area contributed by atoms with Gasteiger partial charge in [-0.3, -0.25) is 0 Å². The average Bonchev–Trinajstić information content (AvgIpc) is 3.00. The highest BCUT2D eigenvalue weighted by Gasteiger charge is 2.50. The molecular weight excluding hydrogens is 818 g/mol. The van der Waals surface area contributed by atoms with Crippen molar-refractivity contribution >= 4 is 230 Å². The quantitative estimate of drug-likeness (QED) is 0.122. The van der Waals surface area contributed by atoms with Crippen molar-refractivity contribution < 1.29 is 8.78 Å². The molecule has 0 aliphatic carbocycles. The van der Waals surface area contributed by atoms with Crippen molar-refractivity contribution in [2.24, 2.45) is 0 Å². The van der Waals surface area contributed by atoms with E-state index in [0.717, 1.165) is 53.0 Å². The fourth-order valence-corrected chi connectivity index (χ4v) is 13.2. The van der Waals surface area contributed by atoms with Crippen LogP contribution in [-0.4, -0.2) is 15.7 Å². The van der Waals surface area contributed by atoms with Gasteiger partial charge in [0.15, 0.2) is 0 Å². The Morgan fingerprint density at radius 3 is 0.889 bits per heavy atom. The van der Waals surface area contributed by atoms with Crippen molar-refractivity contribution in [2.45, 2.75) is 19.3 Å². The molecule has 0 saturated carbocycles. The molecule has 0 fully saturated rings. The van der Waals surface area contributed by atoms with E-state index in [9.17, 15) is 0 Å². The lowest BCUT2D eigenvalue weighted by Gasteiger charge is -2.45. The standard InChI is InChI=1S/C27H34B2F2P14/c1-3-9(28)15(34)6(16(35)10(3)29)27(5-11(30)13(32)4(2)14(33)12(5)31,7-17(36)21(40)25(44)22(41)18(7)37)8-19(38)23(42)26(45)24(43)20(8)39/h32-45H2,1-2H3. The van der Waals surface area contributed by atoms with Gasteiger partial charge in [-0.05, 0) is 99.8 Å². The van der Waals surface area contributed by atoms with Crippen molar-refractivity contribution in [3.8, 4) is 0 Å². The Morgan fingerprint density at radius 1 is 0.356 bits per heavy atom. The Kier molecular flexibility index (Phi) is 13.6. The summed E-state index contributed by atoms with van der Waals surface area (Å²) in [6, 6.07) is 0. The second kappa shape index (κ2) is 15.1. The van der Waals surface area contributed by atoms with Gasteiger partial charge >= 0.3 is 0 Å². The van der Waals surface area contributed by atoms with E-state index in [1.54, 1.807) is 6.92 Å². The van der Waals surface area contributed by atoms with Gasteiger partial charge in [0.1, 0.15) is 27.3 Å². The Balaban J connectivity index is 2.69. The van der Waals surface area contributed by atoms with E-state index < -0.39 is 17.0 Å². The number of benzene rings is 4. The summed E-state index contributed by atoms with van der Waals surface area (Å²) in [5.41, 5.74) is 2.16. The molecule has 4 aromatic carbocycles. The molecule has 0 amide bonds. The number of rotatable bonds is 4. The van der Waals surface area contributed by atoms with Crippen LogP contribution < -0.4 is 85.2 Å². The predicted octanol–water partition coefficient (Wildman–Crippen LogP) is -2.44. The van der Waals surface area contributed by atoms with Crippen molar-refractivity contribution in [3.63, 3.8) is 0 Å². The normalized spacial score (nSPS) is 12.0. The molecule has 0 saturated heterocycles. The van der Waals surface area contributed by atoms with Crippen LogP contribution in [0.15, 0.2) is 0 Å². The van der Waals surface area contributed by atoms with Gasteiger partial charge in [0.25, 0.3) is 0 Å². The number of hydrogen-bond acceptors (Lipinski definition) is 0. The Bertz CT molecular complexity index is 1580.